The summed E-state index contributed by atoms with van der Waals surface area (Å²) in [4.78, 5) is 14.3. The van der Waals surface area contributed by atoms with Gasteiger partial charge in [-0.1, -0.05) is 29.3 Å². The first-order valence-electron chi connectivity index (χ1n) is 6.65. The molecule has 4 heteroatoms. The highest BCUT2D eigenvalue weighted by atomic mass is 79.9. The van der Waals surface area contributed by atoms with E-state index < -0.39 is 4.32 Å². The minimum Gasteiger partial charge on any atom is -0.352 e. The van der Waals surface area contributed by atoms with Gasteiger partial charge in [-0.2, -0.15) is 0 Å². The van der Waals surface area contributed by atoms with Crippen LogP contribution < -0.4 is 5.32 Å². The zero-order valence-corrected chi connectivity index (χ0v) is 12.8. The summed E-state index contributed by atoms with van der Waals surface area (Å²) in [6.07, 6.45) is 4.71. The number of amides is 1. The first-order valence-corrected chi connectivity index (χ1v) is 7.45. The standard InChI is InChI=1S/C13H25BrN2O/c1-4-5-8-16-9-6-11(7-10-16)15-12(17)13(2,3)14/h11H,4-10H2,1-3H3,(H,15,17). The van der Waals surface area contributed by atoms with Crippen LogP contribution in [0.2, 0.25) is 0 Å². The van der Waals surface area contributed by atoms with Crippen LogP contribution in [0.4, 0.5) is 0 Å². The number of likely N-dealkylation sites (tertiary alicyclic amines) is 1. The fraction of sp³-hybridized carbons (Fsp3) is 0.923. The van der Waals surface area contributed by atoms with Gasteiger partial charge in [0, 0.05) is 19.1 Å². The Bertz CT molecular complexity index is 242. The zero-order valence-electron chi connectivity index (χ0n) is 11.3. The second-order valence-corrected chi connectivity index (χ2v) is 7.40. The van der Waals surface area contributed by atoms with Gasteiger partial charge in [0.15, 0.2) is 0 Å². The van der Waals surface area contributed by atoms with E-state index in [-0.39, 0.29) is 5.91 Å². The molecule has 1 amide bonds. The van der Waals surface area contributed by atoms with E-state index in [1.54, 1.807) is 0 Å². The second kappa shape index (κ2) is 6.74. The Labute approximate surface area is 113 Å². The lowest BCUT2D eigenvalue weighted by atomic mass is 10.0. The molecule has 0 spiro atoms. The summed E-state index contributed by atoms with van der Waals surface area (Å²) < 4.78 is -0.452. The molecule has 0 unspecified atom stereocenters. The van der Waals surface area contributed by atoms with E-state index in [9.17, 15) is 4.79 Å². The largest absolute Gasteiger partial charge is 0.352 e. The van der Waals surface area contributed by atoms with Crippen molar-refractivity contribution in [1.29, 1.82) is 0 Å². The van der Waals surface area contributed by atoms with E-state index in [0.29, 0.717) is 6.04 Å². The minimum absolute atomic E-state index is 0.101. The number of piperidine rings is 1. The molecular formula is C13H25BrN2O. The van der Waals surface area contributed by atoms with Gasteiger partial charge in [-0.25, -0.2) is 0 Å². The van der Waals surface area contributed by atoms with Crippen molar-refractivity contribution in [2.45, 2.75) is 56.8 Å². The van der Waals surface area contributed by atoms with Crippen LogP contribution in [-0.2, 0) is 4.79 Å². The van der Waals surface area contributed by atoms with E-state index in [4.69, 9.17) is 0 Å². The van der Waals surface area contributed by atoms with Crippen LogP contribution in [0, 0.1) is 0 Å². The molecule has 17 heavy (non-hydrogen) atoms. The molecule has 0 atom stereocenters. The third kappa shape index (κ3) is 5.38. The highest BCUT2D eigenvalue weighted by Gasteiger charge is 2.27. The van der Waals surface area contributed by atoms with Gasteiger partial charge in [-0.15, -0.1) is 0 Å². The Balaban J connectivity index is 2.25. The number of unbranched alkanes of at least 4 members (excludes halogenated alkanes) is 1. The predicted octanol–water partition coefficient (Wildman–Crippen LogP) is 2.54. The molecule has 1 saturated heterocycles. The van der Waals surface area contributed by atoms with Crippen LogP contribution in [0.5, 0.6) is 0 Å². The summed E-state index contributed by atoms with van der Waals surface area (Å²) in [5.41, 5.74) is 0. The van der Waals surface area contributed by atoms with E-state index in [1.165, 1.54) is 19.4 Å². The van der Waals surface area contributed by atoms with Gasteiger partial charge in [-0.05, 0) is 39.7 Å². The Morgan fingerprint density at radius 1 is 1.41 bits per heavy atom. The quantitative estimate of drug-likeness (QED) is 0.792. The highest BCUT2D eigenvalue weighted by molar-refractivity contribution is 9.10. The summed E-state index contributed by atoms with van der Waals surface area (Å²) in [5.74, 6) is 0.101. The lowest BCUT2D eigenvalue weighted by Crippen LogP contribution is -2.48. The molecule has 1 fully saturated rings. The average molecular weight is 305 g/mol. The van der Waals surface area contributed by atoms with Gasteiger partial charge >= 0.3 is 0 Å². The molecule has 0 bridgehead atoms. The van der Waals surface area contributed by atoms with Gasteiger partial charge in [0.05, 0.1) is 4.32 Å². The maximum atomic E-state index is 11.8. The fourth-order valence-electron chi connectivity index (χ4n) is 2.04. The van der Waals surface area contributed by atoms with Crippen molar-refractivity contribution in [1.82, 2.24) is 10.2 Å². The number of nitrogens with one attached hydrogen (secondary N) is 1. The van der Waals surface area contributed by atoms with E-state index >= 15 is 0 Å². The van der Waals surface area contributed by atoms with Crippen LogP contribution in [0.1, 0.15) is 46.5 Å². The Morgan fingerprint density at radius 2 is 2.00 bits per heavy atom. The topological polar surface area (TPSA) is 32.3 Å². The van der Waals surface area contributed by atoms with Crippen LogP contribution in [0.15, 0.2) is 0 Å². The summed E-state index contributed by atoms with van der Waals surface area (Å²) in [6, 6.07) is 0.359. The molecule has 100 valence electrons. The van der Waals surface area contributed by atoms with Crippen LogP contribution >= 0.6 is 15.9 Å². The normalized spacial score (nSPS) is 19.3. The van der Waals surface area contributed by atoms with Crippen LogP contribution in [0.25, 0.3) is 0 Å². The van der Waals surface area contributed by atoms with Gasteiger partial charge in [0.1, 0.15) is 0 Å². The molecule has 0 aromatic heterocycles. The van der Waals surface area contributed by atoms with Crippen LogP contribution in [0.3, 0.4) is 0 Å². The molecule has 0 aliphatic carbocycles. The fourth-order valence-corrected chi connectivity index (χ4v) is 2.15. The van der Waals surface area contributed by atoms with Crippen LogP contribution in [-0.4, -0.2) is 40.8 Å². The molecular weight excluding hydrogens is 280 g/mol. The highest BCUT2D eigenvalue weighted by Crippen LogP contribution is 2.18. The third-order valence-electron chi connectivity index (χ3n) is 3.29. The molecule has 0 aromatic rings. The first kappa shape index (κ1) is 15.0. The summed E-state index contributed by atoms with van der Waals surface area (Å²) in [5, 5.41) is 3.12. The molecule has 1 heterocycles. The number of nitrogens with zero attached hydrogens (tertiary/aromatic N) is 1. The molecule has 0 aromatic carbocycles. The van der Waals surface area contributed by atoms with E-state index in [0.717, 1.165) is 25.9 Å². The van der Waals surface area contributed by atoms with Crippen molar-refractivity contribution in [2.24, 2.45) is 0 Å². The third-order valence-corrected chi connectivity index (χ3v) is 3.65. The molecule has 0 saturated carbocycles. The molecule has 3 nitrogen and oxygen atoms in total. The zero-order chi connectivity index (χ0) is 12.9. The number of carbonyl (C=O) groups excluding carboxylic acids is 1. The van der Waals surface area contributed by atoms with E-state index in [2.05, 4.69) is 33.1 Å². The number of alkyl halides is 1. The number of hydrogen-bond donors (Lipinski definition) is 1. The Morgan fingerprint density at radius 3 is 2.47 bits per heavy atom. The van der Waals surface area contributed by atoms with Crippen molar-refractivity contribution < 1.29 is 4.79 Å². The smallest absolute Gasteiger partial charge is 0.236 e. The van der Waals surface area contributed by atoms with Gasteiger partial charge in [0.2, 0.25) is 5.91 Å². The van der Waals surface area contributed by atoms with Crippen molar-refractivity contribution in [3.63, 3.8) is 0 Å². The second-order valence-electron chi connectivity index (χ2n) is 5.42. The Kier molecular flexibility index (Phi) is 5.93. The van der Waals surface area contributed by atoms with Gasteiger partial charge in [-0.3, -0.25) is 4.79 Å². The molecule has 1 N–H and O–H groups in total. The number of carbonyl (C=O) groups is 1. The molecule has 1 aliphatic rings. The Hall–Kier alpha value is -0.0900. The van der Waals surface area contributed by atoms with Crippen molar-refractivity contribution in [2.75, 3.05) is 19.6 Å². The monoisotopic (exact) mass is 304 g/mol. The SMILES string of the molecule is CCCCN1CCC(NC(=O)C(C)(C)Br)CC1. The molecule has 1 rings (SSSR count). The van der Waals surface area contributed by atoms with E-state index in [1.807, 2.05) is 13.8 Å². The van der Waals surface area contributed by atoms with Crippen molar-refractivity contribution in [3.05, 3.63) is 0 Å². The predicted molar refractivity (Wildman–Crippen MR) is 75.5 cm³/mol. The molecule has 0 radical (unpaired) electrons. The summed E-state index contributed by atoms with van der Waals surface area (Å²) in [6.45, 7) is 9.45. The lowest BCUT2D eigenvalue weighted by molar-refractivity contribution is -0.123. The first-order chi connectivity index (χ1) is 7.93. The van der Waals surface area contributed by atoms with Gasteiger partial charge in [0.25, 0.3) is 0 Å². The summed E-state index contributed by atoms with van der Waals surface area (Å²) >= 11 is 3.39. The van der Waals surface area contributed by atoms with Crippen molar-refractivity contribution in [3.8, 4) is 0 Å². The molecule has 1 aliphatic heterocycles. The van der Waals surface area contributed by atoms with Crippen molar-refractivity contribution >= 4 is 21.8 Å². The number of hydrogen-bond acceptors (Lipinski definition) is 2. The summed E-state index contributed by atoms with van der Waals surface area (Å²) in [7, 11) is 0. The maximum Gasteiger partial charge on any atom is 0.236 e. The van der Waals surface area contributed by atoms with Gasteiger partial charge < -0.3 is 10.2 Å². The number of rotatable bonds is 5. The maximum absolute atomic E-state index is 11.8. The number of halogens is 1. The lowest BCUT2D eigenvalue weighted by Gasteiger charge is -2.33. The minimum atomic E-state index is -0.452. The average Bonchev–Trinajstić information content (AvgIpc) is 2.27.